The average Bonchev–Trinajstić information content (AvgIpc) is 2.50. The molecule has 3 N–H and O–H groups in total. The number of carbonyl (C=O) groups is 1. The lowest BCUT2D eigenvalue weighted by Crippen LogP contribution is -2.45. The number of amides is 1. The number of para-hydroxylation sites is 2. The molecule has 1 amide bonds. The molecule has 0 spiro atoms. The molecular weight excluding hydrogens is 264 g/mol. The fourth-order valence-corrected chi connectivity index (χ4v) is 2.02. The third-order valence-electron chi connectivity index (χ3n) is 3.28. The van der Waals surface area contributed by atoms with E-state index in [1.165, 1.54) is 0 Å². The van der Waals surface area contributed by atoms with Crippen LogP contribution in [0.3, 0.4) is 0 Å². The second-order valence-corrected chi connectivity index (χ2v) is 4.95. The minimum absolute atomic E-state index is 0.277. The molecule has 2 aromatic rings. The summed E-state index contributed by atoms with van der Waals surface area (Å²) < 4.78 is 5.50. The lowest BCUT2D eigenvalue weighted by atomic mass is 9.92. The van der Waals surface area contributed by atoms with Crippen LogP contribution in [-0.2, 0) is 10.3 Å². The van der Waals surface area contributed by atoms with Crippen LogP contribution in [0.2, 0.25) is 0 Å². The molecule has 110 valence electrons. The van der Waals surface area contributed by atoms with Gasteiger partial charge in [0.15, 0.2) is 0 Å². The Hall–Kier alpha value is -2.33. The van der Waals surface area contributed by atoms with Gasteiger partial charge in [-0.2, -0.15) is 0 Å². The van der Waals surface area contributed by atoms with Gasteiger partial charge >= 0.3 is 0 Å². The molecule has 21 heavy (non-hydrogen) atoms. The molecule has 4 nitrogen and oxygen atoms in total. The van der Waals surface area contributed by atoms with Crippen LogP contribution in [0.25, 0.3) is 0 Å². The van der Waals surface area contributed by atoms with Crippen molar-refractivity contribution in [2.75, 3.05) is 11.9 Å². The Morgan fingerprint density at radius 3 is 2.43 bits per heavy atom. The normalized spacial score (nSPS) is 13.3. The number of nitrogens with two attached hydrogens (primary N) is 1. The molecule has 1 atom stereocenters. The number of ether oxygens (including phenoxy) is 1. The van der Waals surface area contributed by atoms with Crippen LogP contribution in [0.4, 0.5) is 5.69 Å². The summed E-state index contributed by atoms with van der Waals surface area (Å²) in [7, 11) is 0. The zero-order valence-electron chi connectivity index (χ0n) is 12.3. The highest BCUT2D eigenvalue weighted by molar-refractivity contribution is 5.99. The highest BCUT2D eigenvalue weighted by atomic mass is 16.5. The van der Waals surface area contributed by atoms with Gasteiger partial charge in [0, 0.05) is 0 Å². The molecule has 0 aliphatic heterocycles. The van der Waals surface area contributed by atoms with Crippen molar-refractivity contribution in [1.82, 2.24) is 0 Å². The van der Waals surface area contributed by atoms with E-state index >= 15 is 0 Å². The predicted octanol–water partition coefficient (Wildman–Crippen LogP) is 2.90. The first kappa shape index (κ1) is 15.1. The number of anilines is 1. The van der Waals surface area contributed by atoms with Gasteiger partial charge in [-0.3, -0.25) is 4.79 Å². The number of rotatable bonds is 5. The highest BCUT2D eigenvalue weighted by Crippen LogP contribution is 2.26. The maximum Gasteiger partial charge on any atom is 0.248 e. The van der Waals surface area contributed by atoms with E-state index in [9.17, 15) is 4.79 Å². The van der Waals surface area contributed by atoms with Crippen molar-refractivity contribution in [3.8, 4) is 5.75 Å². The molecule has 2 aromatic carbocycles. The largest absolute Gasteiger partial charge is 0.492 e. The van der Waals surface area contributed by atoms with Gasteiger partial charge in [0.25, 0.3) is 0 Å². The van der Waals surface area contributed by atoms with E-state index in [0.717, 1.165) is 5.56 Å². The quantitative estimate of drug-likeness (QED) is 0.887. The van der Waals surface area contributed by atoms with Gasteiger partial charge in [-0.1, -0.05) is 42.5 Å². The van der Waals surface area contributed by atoms with Crippen LogP contribution in [0, 0.1) is 0 Å². The second-order valence-electron chi connectivity index (χ2n) is 4.95. The van der Waals surface area contributed by atoms with E-state index in [0.29, 0.717) is 18.0 Å². The summed E-state index contributed by atoms with van der Waals surface area (Å²) in [5.74, 6) is 0.359. The molecule has 0 aliphatic carbocycles. The monoisotopic (exact) mass is 284 g/mol. The second kappa shape index (κ2) is 6.41. The van der Waals surface area contributed by atoms with Crippen molar-refractivity contribution < 1.29 is 9.53 Å². The Balaban J connectivity index is 2.22. The predicted molar refractivity (Wildman–Crippen MR) is 84.2 cm³/mol. The van der Waals surface area contributed by atoms with Crippen molar-refractivity contribution in [2.45, 2.75) is 19.4 Å². The summed E-state index contributed by atoms with van der Waals surface area (Å²) in [6, 6.07) is 16.6. The fraction of sp³-hybridized carbons (Fsp3) is 0.235. The molecule has 0 heterocycles. The smallest absolute Gasteiger partial charge is 0.248 e. The van der Waals surface area contributed by atoms with Crippen LogP contribution in [-0.4, -0.2) is 12.5 Å². The molecule has 0 radical (unpaired) electrons. The van der Waals surface area contributed by atoms with E-state index in [1.54, 1.807) is 13.0 Å². The topological polar surface area (TPSA) is 64.3 Å². The molecule has 0 bridgehead atoms. The van der Waals surface area contributed by atoms with Crippen LogP contribution in [0.5, 0.6) is 5.75 Å². The molecular formula is C17H20N2O2. The third kappa shape index (κ3) is 3.41. The summed E-state index contributed by atoms with van der Waals surface area (Å²) in [6.45, 7) is 4.13. The minimum atomic E-state index is -1.11. The van der Waals surface area contributed by atoms with Crippen molar-refractivity contribution >= 4 is 11.6 Å². The van der Waals surface area contributed by atoms with Crippen LogP contribution >= 0.6 is 0 Å². The molecule has 0 saturated heterocycles. The number of hydrogen-bond donors (Lipinski definition) is 2. The summed E-state index contributed by atoms with van der Waals surface area (Å²) in [5.41, 5.74) is 6.47. The van der Waals surface area contributed by atoms with Crippen molar-refractivity contribution in [2.24, 2.45) is 5.73 Å². The van der Waals surface area contributed by atoms with Gasteiger partial charge in [-0.15, -0.1) is 0 Å². The van der Waals surface area contributed by atoms with Gasteiger partial charge < -0.3 is 15.8 Å². The van der Waals surface area contributed by atoms with Gasteiger partial charge in [0.05, 0.1) is 12.3 Å². The zero-order valence-corrected chi connectivity index (χ0v) is 12.3. The summed E-state index contributed by atoms with van der Waals surface area (Å²) in [4.78, 5) is 12.5. The molecule has 0 saturated carbocycles. The van der Waals surface area contributed by atoms with E-state index < -0.39 is 5.54 Å². The molecule has 2 rings (SSSR count). The molecule has 0 aromatic heterocycles. The fourth-order valence-electron chi connectivity index (χ4n) is 2.02. The Kier molecular flexibility index (Phi) is 4.60. The number of carbonyl (C=O) groups excluding carboxylic acids is 1. The van der Waals surface area contributed by atoms with E-state index in [4.69, 9.17) is 10.5 Å². The number of nitrogens with one attached hydrogen (secondary N) is 1. The molecule has 0 fully saturated rings. The van der Waals surface area contributed by atoms with Gasteiger partial charge in [0.2, 0.25) is 5.91 Å². The minimum Gasteiger partial charge on any atom is -0.492 e. The van der Waals surface area contributed by atoms with Crippen LogP contribution in [0.1, 0.15) is 19.4 Å². The first-order chi connectivity index (χ1) is 10.1. The average molecular weight is 284 g/mol. The maximum absolute atomic E-state index is 12.5. The number of benzene rings is 2. The van der Waals surface area contributed by atoms with E-state index in [-0.39, 0.29) is 5.91 Å². The van der Waals surface area contributed by atoms with E-state index in [1.807, 2.05) is 55.5 Å². The first-order valence-corrected chi connectivity index (χ1v) is 6.93. The van der Waals surface area contributed by atoms with Gasteiger partial charge in [0.1, 0.15) is 11.3 Å². The van der Waals surface area contributed by atoms with Gasteiger partial charge in [-0.25, -0.2) is 0 Å². The Labute approximate surface area is 124 Å². The highest BCUT2D eigenvalue weighted by Gasteiger charge is 2.30. The lowest BCUT2D eigenvalue weighted by molar-refractivity contribution is -0.120. The molecule has 1 unspecified atom stereocenters. The van der Waals surface area contributed by atoms with Crippen molar-refractivity contribution in [3.63, 3.8) is 0 Å². The maximum atomic E-state index is 12.5. The lowest BCUT2D eigenvalue weighted by Gasteiger charge is -2.24. The molecule has 4 heteroatoms. The summed E-state index contributed by atoms with van der Waals surface area (Å²) in [5, 5.41) is 2.85. The summed E-state index contributed by atoms with van der Waals surface area (Å²) >= 11 is 0. The SMILES string of the molecule is CCOc1ccccc1NC(=O)C(C)(N)c1ccccc1. The van der Waals surface area contributed by atoms with Crippen molar-refractivity contribution in [1.29, 1.82) is 0 Å². The Morgan fingerprint density at radius 2 is 1.76 bits per heavy atom. The van der Waals surface area contributed by atoms with Crippen molar-refractivity contribution in [3.05, 3.63) is 60.2 Å². The molecule has 0 aliphatic rings. The van der Waals surface area contributed by atoms with Crippen LogP contribution < -0.4 is 15.8 Å². The summed E-state index contributed by atoms with van der Waals surface area (Å²) in [6.07, 6.45) is 0. The third-order valence-corrected chi connectivity index (χ3v) is 3.28. The zero-order chi connectivity index (χ0) is 15.3. The Bertz CT molecular complexity index is 609. The number of hydrogen-bond acceptors (Lipinski definition) is 3. The van der Waals surface area contributed by atoms with E-state index in [2.05, 4.69) is 5.32 Å². The van der Waals surface area contributed by atoms with Gasteiger partial charge in [-0.05, 0) is 31.5 Å². The standard InChI is InChI=1S/C17H20N2O2/c1-3-21-15-12-8-7-11-14(15)19-16(20)17(2,18)13-9-5-4-6-10-13/h4-12H,3,18H2,1-2H3,(H,19,20). The Morgan fingerprint density at radius 1 is 1.14 bits per heavy atom. The van der Waals surface area contributed by atoms with Crippen LogP contribution in [0.15, 0.2) is 54.6 Å². The first-order valence-electron chi connectivity index (χ1n) is 6.93.